The monoisotopic (exact) mass is 686 g/mol. The number of β-amino-alcohol motifs (C(OH)–C–C–N with tert-alkyl or cyclic N) is 1. The number of methoxy groups -OCH3 is 1. The first kappa shape index (κ1) is 35.9. The molecule has 0 spiro atoms. The smallest absolute Gasteiger partial charge is 0.410 e. The molecular weight excluding hydrogens is 632 g/mol. The molecule has 1 N–H and O–H groups in total. The summed E-state index contributed by atoms with van der Waals surface area (Å²) >= 11 is 0. The third-order valence-electron chi connectivity index (χ3n) is 11.3. The molecule has 2 aromatic heterocycles. The minimum atomic E-state index is -0.626. The lowest BCUT2D eigenvalue weighted by molar-refractivity contribution is -0.125. The average Bonchev–Trinajstić information content (AvgIpc) is 3.62. The van der Waals surface area contributed by atoms with Gasteiger partial charge < -0.3 is 19.0 Å². The van der Waals surface area contributed by atoms with E-state index in [0.717, 1.165) is 48.3 Å². The van der Waals surface area contributed by atoms with Gasteiger partial charge in [0.05, 0.1) is 25.3 Å². The predicted molar refractivity (Wildman–Crippen MR) is 192 cm³/mol. The molecule has 1 aromatic carbocycles. The molecule has 1 saturated heterocycles. The number of hydrogen-bond donors (Lipinski definition) is 1. The minimum absolute atomic E-state index is 0.0786. The molecule has 2 amide bonds. The van der Waals surface area contributed by atoms with Gasteiger partial charge in [0.25, 0.3) is 0 Å². The number of anilines is 1. The Hall–Kier alpha value is -3.92. The topological polar surface area (TPSA) is 118 Å². The summed E-state index contributed by atoms with van der Waals surface area (Å²) in [5, 5.41) is 10.1. The largest absolute Gasteiger partial charge is 0.496 e. The van der Waals surface area contributed by atoms with Crippen molar-refractivity contribution in [2.75, 3.05) is 25.1 Å². The number of amides is 2. The highest BCUT2D eigenvalue weighted by Crippen LogP contribution is 2.39. The van der Waals surface area contributed by atoms with Crippen LogP contribution in [0.25, 0.3) is 11.3 Å². The summed E-state index contributed by atoms with van der Waals surface area (Å²) in [7, 11) is 1.71. The zero-order valence-corrected chi connectivity index (χ0v) is 30.8. The summed E-state index contributed by atoms with van der Waals surface area (Å²) in [5.41, 5.74) is 3.25. The van der Waals surface area contributed by atoms with Gasteiger partial charge in [-0.15, -0.1) is 0 Å². The van der Waals surface area contributed by atoms with Gasteiger partial charge in [0.15, 0.2) is 5.89 Å². The quantitative estimate of drug-likeness (QED) is 0.255. The summed E-state index contributed by atoms with van der Waals surface area (Å²) in [6, 6.07) is 10.4. The van der Waals surface area contributed by atoms with E-state index in [-0.39, 0.29) is 36.0 Å². The van der Waals surface area contributed by atoms with E-state index >= 15 is 0 Å². The maximum Gasteiger partial charge on any atom is 0.410 e. The molecule has 2 aliphatic carbocycles. The van der Waals surface area contributed by atoms with Gasteiger partial charge in [-0.25, -0.2) is 14.8 Å². The van der Waals surface area contributed by atoms with Crippen molar-refractivity contribution in [1.29, 1.82) is 0 Å². The van der Waals surface area contributed by atoms with Gasteiger partial charge >= 0.3 is 6.09 Å². The average molecular weight is 687 g/mol. The fraction of sp³-hybridized carbons (Fsp3) is 0.600. The molecule has 6 rings (SSSR count). The van der Waals surface area contributed by atoms with Gasteiger partial charge in [-0.3, -0.25) is 14.6 Å². The molecule has 50 heavy (non-hydrogen) atoms. The Morgan fingerprint density at radius 1 is 1.04 bits per heavy atom. The van der Waals surface area contributed by atoms with Crippen molar-refractivity contribution in [2.45, 2.75) is 122 Å². The first-order valence-corrected chi connectivity index (χ1v) is 18.3. The van der Waals surface area contributed by atoms with Crippen LogP contribution in [0.1, 0.15) is 109 Å². The first-order chi connectivity index (χ1) is 23.7. The lowest BCUT2D eigenvalue weighted by atomic mass is 9.78. The van der Waals surface area contributed by atoms with E-state index in [2.05, 4.69) is 45.9 Å². The Morgan fingerprint density at radius 3 is 2.36 bits per heavy atom. The first-order valence-electron chi connectivity index (χ1n) is 18.3. The van der Waals surface area contributed by atoms with Gasteiger partial charge in [0.1, 0.15) is 29.6 Å². The van der Waals surface area contributed by atoms with Crippen molar-refractivity contribution in [2.24, 2.45) is 11.8 Å². The van der Waals surface area contributed by atoms with Crippen LogP contribution in [0.5, 0.6) is 5.75 Å². The van der Waals surface area contributed by atoms with Gasteiger partial charge in [-0.1, -0.05) is 32.9 Å². The van der Waals surface area contributed by atoms with Crippen LogP contribution in [0.2, 0.25) is 0 Å². The molecular formula is C40H54N4O6. The molecule has 1 unspecified atom stereocenters. The number of nitrogens with zero attached hydrogens (tertiary/aromatic N) is 4. The van der Waals surface area contributed by atoms with E-state index in [1.807, 2.05) is 30.9 Å². The fourth-order valence-electron chi connectivity index (χ4n) is 7.73. The van der Waals surface area contributed by atoms with E-state index in [0.29, 0.717) is 55.8 Å². The Labute approximate surface area is 296 Å². The number of likely N-dealkylation sites (tertiary alicyclic amines) is 1. The standard InChI is InChI=1S/C40H54N4O6/c1-25-20-29(14-17-33(25)48-7)27-10-8-26(9-11-27)22-43(35-21-30(18-19-41-35)32-24-49-37(42-32)39(2,3)4)36(46)28-12-15-31(16-13-28)50-38(47)44-23-34(45)40(44,5)6/h14,17-21,24,26-28,31,34,45H,8-13,15-16,22-23H2,1-7H3. The number of pyridine rings is 1. The van der Waals surface area contributed by atoms with Crippen LogP contribution in [0.15, 0.2) is 47.2 Å². The Morgan fingerprint density at radius 2 is 1.76 bits per heavy atom. The van der Waals surface area contributed by atoms with Crippen LogP contribution < -0.4 is 9.64 Å². The maximum atomic E-state index is 14.4. The molecule has 3 heterocycles. The van der Waals surface area contributed by atoms with Gasteiger partial charge in [0.2, 0.25) is 5.91 Å². The zero-order valence-electron chi connectivity index (χ0n) is 30.8. The number of aliphatic hydroxyl groups is 1. The lowest BCUT2D eigenvalue weighted by Gasteiger charge is -2.51. The maximum absolute atomic E-state index is 14.4. The molecule has 10 heteroatoms. The minimum Gasteiger partial charge on any atom is -0.496 e. The molecule has 1 atom stereocenters. The second-order valence-corrected chi connectivity index (χ2v) is 16.2. The normalized spacial score (nSPS) is 25.0. The highest BCUT2D eigenvalue weighted by molar-refractivity contribution is 5.94. The van der Waals surface area contributed by atoms with Crippen LogP contribution in [0.4, 0.5) is 10.6 Å². The second-order valence-electron chi connectivity index (χ2n) is 16.2. The summed E-state index contributed by atoms with van der Waals surface area (Å²) in [6.45, 7) is 12.9. The molecule has 3 fully saturated rings. The van der Waals surface area contributed by atoms with E-state index in [9.17, 15) is 14.7 Å². The number of ether oxygens (including phenoxy) is 2. The number of carbonyl (C=O) groups excluding carboxylic acids is 2. The number of carbonyl (C=O) groups is 2. The number of aryl methyl sites for hydroxylation is 1. The highest BCUT2D eigenvalue weighted by Gasteiger charge is 2.49. The molecule has 0 radical (unpaired) electrons. The van der Waals surface area contributed by atoms with Crippen molar-refractivity contribution in [3.8, 4) is 17.0 Å². The third kappa shape index (κ3) is 7.55. The molecule has 270 valence electrons. The molecule has 2 saturated carbocycles. The third-order valence-corrected chi connectivity index (χ3v) is 11.3. The van der Waals surface area contributed by atoms with E-state index in [4.69, 9.17) is 23.9 Å². The summed E-state index contributed by atoms with van der Waals surface area (Å²) in [4.78, 5) is 40.3. The molecule has 3 aromatic rings. The van der Waals surface area contributed by atoms with Crippen LogP contribution in [-0.4, -0.2) is 69.9 Å². The van der Waals surface area contributed by atoms with Gasteiger partial charge in [0, 0.05) is 29.6 Å². The molecule has 0 bridgehead atoms. The van der Waals surface area contributed by atoms with Crippen LogP contribution >= 0.6 is 0 Å². The highest BCUT2D eigenvalue weighted by atomic mass is 16.6. The Balaban J connectivity index is 1.16. The van der Waals surface area contributed by atoms with E-state index in [1.54, 1.807) is 24.5 Å². The molecule has 3 aliphatic rings. The summed E-state index contributed by atoms with van der Waals surface area (Å²) in [6.07, 6.45) is 8.99. The zero-order chi connectivity index (χ0) is 35.8. The summed E-state index contributed by atoms with van der Waals surface area (Å²) in [5.74, 6) is 2.95. The molecule has 10 nitrogen and oxygen atoms in total. The molecule has 1 aliphatic heterocycles. The second kappa shape index (κ2) is 14.4. The Kier molecular flexibility index (Phi) is 10.3. The fourth-order valence-corrected chi connectivity index (χ4v) is 7.73. The number of aliphatic hydroxyl groups excluding tert-OH is 1. The number of hydrogen-bond acceptors (Lipinski definition) is 8. The lowest BCUT2D eigenvalue weighted by Crippen LogP contribution is -2.69. The van der Waals surface area contributed by atoms with Crippen molar-refractivity contribution >= 4 is 17.8 Å². The van der Waals surface area contributed by atoms with Crippen molar-refractivity contribution in [1.82, 2.24) is 14.9 Å². The van der Waals surface area contributed by atoms with Crippen molar-refractivity contribution < 1.29 is 28.6 Å². The SMILES string of the molecule is COc1ccc(C2CCC(CN(C(=O)C3CCC(OC(=O)N4CC(O)C4(C)C)CC3)c3cc(-c4coc(C(C)(C)C)n4)ccn3)CC2)cc1C. The van der Waals surface area contributed by atoms with Gasteiger partial charge in [-0.2, -0.15) is 0 Å². The van der Waals surface area contributed by atoms with Gasteiger partial charge in [-0.05, 0) is 113 Å². The van der Waals surface area contributed by atoms with Crippen molar-refractivity contribution in [3.05, 3.63) is 59.8 Å². The number of rotatable bonds is 8. The Bertz CT molecular complexity index is 1660. The van der Waals surface area contributed by atoms with Crippen LogP contribution in [0.3, 0.4) is 0 Å². The van der Waals surface area contributed by atoms with E-state index in [1.165, 1.54) is 5.56 Å². The van der Waals surface area contributed by atoms with Crippen LogP contribution in [0, 0.1) is 18.8 Å². The van der Waals surface area contributed by atoms with Crippen LogP contribution in [-0.2, 0) is 14.9 Å². The number of benzene rings is 1. The predicted octanol–water partition coefficient (Wildman–Crippen LogP) is 7.81. The van der Waals surface area contributed by atoms with E-state index < -0.39 is 11.6 Å². The number of oxazole rings is 1. The number of aromatic nitrogens is 2. The van der Waals surface area contributed by atoms with Crippen molar-refractivity contribution in [3.63, 3.8) is 0 Å². The summed E-state index contributed by atoms with van der Waals surface area (Å²) < 4.78 is 17.2.